The molecule has 18 heavy (non-hydrogen) atoms. The molecule has 4 nitrogen and oxygen atoms in total. The number of rotatable bonds is 2. The van der Waals surface area contributed by atoms with E-state index in [4.69, 9.17) is 15.9 Å². The van der Waals surface area contributed by atoms with E-state index in [0.717, 1.165) is 22.2 Å². The molecule has 2 aromatic carbocycles. The lowest BCUT2D eigenvalue weighted by molar-refractivity contribution is 0.601. The molecule has 1 atom stereocenters. The molecule has 0 bridgehead atoms. The predicted octanol–water partition coefficient (Wildman–Crippen LogP) is 2.46. The summed E-state index contributed by atoms with van der Waals surface area (Å²) in [6.45, 7) is 0. The van der Waals surface area contributed by atoms with Gasteiger partial charge in [-0.1, -0.05) is 18.2 Å². The van der Waals surface area contributed by atoms with Gasteiger partial charge in [-0.3, -0.25) is 0 Å². The summed E-state index contributed by atoms with van der Waals surface area (Å²) in [6, 6.07) is 13.1. The van der Waals surface area contributed by atoms with Gasteiger partial charge in [0.15, 0.2) is 12.0 Å². The molecular weight excluding hydrogens is 226 g/mol. The summed E-state index contributed by atoms with van der Waals surface area (Å²) >= 11 is 0. The maximum atomic E-state index is 6.23. The van der Waals surface area contributed by atoms with Gasteiger partial charge in [-0.05, 0) is 35.4 Å². The standard InChI is InChI=1S/C14H13N3O/c15-11-3-1-2-9(6-11)14(16)10-4-5-12-13(7-10)18-8-17-12/h1-8,14H,15-16H2. The molecular formula is C14H13N3O. The summed E-state index contributed by atoms with van der Waals surface area (Å²) in [4.78, 5) is 4.08. The Morgan fingerprint density at radius 3 is 2.72 bits per heavy atom. The molecule has 0 saturated heterocycles. The second-order valence-corrected chi connectivity index (χ2v) is 4.23. The van der Waals surface area contributed by atoms with Crippen molar-refractivity contribution >= 4 is 16.8 Å². The van der Waals surface area contributed by atoms with Crippen LogP contribution in [-0.2, 0) is 0 Å². The second-order valence-electron chi connectivity index (χ2n) is 4.23. The van der Waals surface area contributed by atoms with Crippen molar-refractivity contribution in [1.29, 1.82) is 0 Å². The maximum absolute atomic E-state index is 6.23. The first-order valence-electron chi connectivity index (χ1n) is 5.68. The lowest BCUT2D eigenvalue weighted by atomic mass is 9.99. The smallest absolute Gasteiger partial charge is 0.181 e. The van der Waals surface area contributed by atoms with Gasteiger partial charge in [-0.2, -0.15) is 0 Å². The predicted molar refractivity (Wildman–Crippen MR) is 70.9 cm³/mol. The largest absolute Gasteiger partial charge is 0.443 e. The van der Waals surface area contributed by atoms with Crippen molar-refractivity contribution in [3.05, 3.63) is 60.0 Å². The van der Waals surface area contributed by atoms with Gasteiger partial charge in [0, 0.05) is 5.69 Å². The van der Waals surface area contributed by atoms with Crippen molar-refractivity contribution in [3.8, 4) is 0 Å². The molecule has 3 aromatic rings. The van der Waals surface area contributed by atoms with E-state index >= 15 is 0 Å². The molecule has 90 valence electrons. The third-order valence-corrected chi connectivity index (χ3v) is 2.98. The van der Waals surface area contributed by atoms with Crippen LogP contribution in [0.25, 0.3) is 11.1 Å². The third kappa shape index (κ3) is 1.83. The Hall–Kier alpha value is -2.33. The Labute approximate surface area is 104 Å². The number of hydrogen-bond acceptors (Lipinski definition) is 4. The topological polar surface area (TPSA) is 78.1 Å². The highest BCUT2D eigenvalue weighted by Gasteiger charge is 2.10. The van der Waals surface area contributed by atoms with Gasteiger partial charge in [0.05, 0.1) is 6.04 Å². The highest BCUT2D eigenvalue weighted by atomic mass is 16.3. The second kappa shape index (κ2) is 4.16. The van der Waals surface area contributed by atoms with Gasteiger partial charge in [0.25, 0.3) is 0 Å². The molecule has 0 spiro atoms. The lowest BCUT2D eigenvalue weighted by Crippen LogP contribution is -2.11. The van der Waals surface area contributed by atoms with Crippen LogP contribution in [0, 0.1) is 0 Å². The van der Waals surface area contributed by atoms with E-state index in [1.807, 2.05) is 42.5 Å². The number of anilines is 1. The minimum atomic E-state index is -0.219. The van der Waals surface area contributed by atoms with Crippen LogP contribution < -0.4 is 11.5 Å². The number of nitrogen functional groups attached to an aromatic ring is 1. The van der Waals surface area contributed by atoms with E-state index in [-0.39, 0.29) is 6.04 Å². The van der Waals surface area contributed by atoms with Crippen LogP contribution in [0.2, 0.25) is 0 Å². The van der Waals surface area contributed by atoms with Crippen LogP contribution in [0.5, 0.6) is 0 Å². The Morgan fingerprint density at radius 2 is 1.89 bits per heavy atom. The van der Waals surface area contributed by atoms with Crippen molar-refractivity contribution in [2.45, 2.75) is 6.04 Å². The summed E-state index contributed by atoms with van der Waals surface area (Å²) < 4.78 is 5.28. The van der Waals surface area contributed by atoms with Crippen LogP contribution in [0.4, 0.5) is 5.69 Å². The van der Waals surface area contributed by atoms with Gasteiger partial charge in [0.1, 0.15) is 5.52 Å². The van der Waals surface area contributed by atoms with Crippen molar-refractivity contribution < 1.29 is 4.42 Å². The Kier molecular flexibility index (Phi) is 2.50. The molecule has 4 N–H and O–H groups in total. The molecule has 0 amide bonds. The van der Waals surface area contributed by atoms with Gasteiger partial charge < -0.3 is 15.9 Å². The molecule has 0 aliphatic carbocycles. The van der Waals surface area contributed by atoms with E-state index in [1.165, 1.54) is 6.39 Å². The van der Waals surface area contributed by atoms with Crippen molar-refractivity contribution in [2.24, 2.45) is 5.73 Å². The Morgan fingerprint density at radius 1 is 1.06 bits per heavy atom. The summed E-state index contributed by atoms with van der Waals surface area (Å²) in [7, 11) is 0. The first kappa shape index (κ1) is 10.8. The quantitative estimate of drug-likeness (QED) is 0.673. The average Bonchev–Trinajstić information content (AvgIpc) is 2.85. The number of nitrogens with two attached hydrogens (primary N) is 2. The molecule has 0 saturated carbocycles. The lowest BCUT2D eigenvalue weighted by Gasteiger charge is -2.12. The number of oxazole rings is 1. The van der Waals surface area contributed by atoms with E-state index in [2.05, 4.69) is 4.98 Å². The highest BCUT2D eigenvalue weighted by molar-refractivity contribution is 5.73. The van der Waals surface area contributed by atoms with Gasteiger partial charge in [0.2, 0.25) is 0 Å². The molecule has 0 aliphatic heterocycles. The van der Waals surface area contributed by atoms with Crippen LogP contribution >= 0.6 is 0 Å². The van der Waals surface area contributed by atoms with Crippen LogP contribution in [0.15, 0.2) is 53.3 Å². The minimum Gasteiger partial charge on any atom is -0.443 e. The van der Waals surface area contributed by atoms with Gasteiger partial charge >= 0.3 is 0 Å². The number of fused-ring (bicyclic) bond motifs is 1. The monoisotopic (exact) mass is 239 g/mol. The van der Waals surface area contributed by atoms with Gasteiger partial charge in [-0.15, -0.1) is 0 Å². The molecule has 4 heteroatoms. The first-order chi connectivity index (χ1) is 8.74. The van der Waals surface area contributed by atoms with Crippen LogP contribution in [0.1, 0.15) is 17.2 Å². The number of hydrogen-bond donors (Lipinski definition) is 2. The molecule has 0 radical (unpaired) electrons. The molecule has 1 aromatic heterocycles. The maximum Gasteiger partial charge on any atom is 0.181 e. The SMILES string of the molecule is Nc1cccc(C(N)c2ccc3ncoc3c2)c1. The molecule has 1 heterocycles. The zero-order valence-electron chi connectivity index (χ0n) is 9.71. The highest BCUT2D eigenvalue weighted by Crippen LogP contribution is 2.24. The fourth-order valence-electron chi connectivity index (χ4n) is 2.01. The Balaban J connectivity index is 2.02. The zero-order chi connectivity index (χ0) is 12.5. The summed E-state index contributed by atoms with van der Waals surface area (Å²) in [5.41, 5.74) is 16.2. The molecule has 3 rings (SSSR count). The van der Waals surface area contributed by atoms with E-state index in [1.54, 1.807) is 0 Å². The number of benzene rings is 2. The van der Waals surface area contributed by atoms with Crippen molar-refractivity contribution in [3.63, 3.8) is 0 Å². The average molecular weight is 239 g/mol. The fraction of sp³-hybridized carbons (Fsp3) is 0.0714. The van der Waals surface area contributed by atoms with Crippen molar-refractivity contribution in [1.82, 2.24) is 4.98 Å². The Bertz CT molecular complexity index is 690. The number of aromatic nitrogens is 1. The van der Waals surface area contributed by atoms with Gasteiger partial charge in [-0.25, -0.2) is 4.98 Å². The molecule has 0 fully saturated rings. The fourth-order valence-corrected chi connectivity index (χ4v) is 2.01. The minimum absolute atomic E-state index is 0.219. The molecule has 0 aliphatic rings. The van der Waals surface area contributed by atoms with E-state index in [0.29, 0.717) is 5.69 Å². The van der Waals surface area contributed by atoms with Crippen molar-refractivity contribution in [2.75, 3.05) is 5.73 Å². The first-order valence-corrected chi connectivity index (χ1v) is 5.68. The molecule has 1 unspecified atom stereocenters. The zero-order valence-corrected chi connectivity index (χ0v) is 9.71. The summed E-state index contributed by atoms with van der Waals surface area (Å²) in [5, 5.41) is 0. The van der Waals surface area contributed by atoms with Crippen LogP contribution in [-0.4, -0.2) is 4.98 Å². The summed E-state index contributed by atoms with van der Waals surface area (Å²) in [5.74, 6) is 0. The number of nitrogens with zero attached hydrogens (tertiary/aromatic N) is 1. The van der Waals surface area contributed by atoms with E-state index in [9.17, 15) is 0 Å². The summed E-state index contributed by atoms with van der Waals surface area (Å²) in [6.07, 6.45) is 1.43. The van der Waals surface area contributed by atoms with E-state index < -0.39 is 0 Å². The normalized spacial score (nSPS) is 12.7. The third-order valence-electron chi connectivity index (χ3n) is 2.98. The van der Waals surface area contributed by atoms with Crippen LogP contribution in [0.3, 0.4) is 0 Å².